The first-order valence-electron chi connectivity index (χ1n) is 8.97. The second kappa shape index (κ2) is 7.39. The van der Waals surface area contributed by atoms with Crippen LogP contribution in [0.3, 0.4) is 0 Å². The van der Waals surface area contributed by atoms with E-state index in [0.717, 1.165) is 31.0 Å². The molecule has 3 heterocycles. The standard InChI is InChI=1S/C19H23N5O2/c1-13(17-8-10-21-24(17)16-6-4-3-5-7-16)20-12-15-9-11-25-18(15)19-22-14(2)23-26-19/h3-8,10,13,15,18,20H,9,11-12H2,1-2H3/t13?,15-,18-/m0/s1. The van der Waals surface area contributed by atoms with Crippen LogP contribution in [-0.2, 0) is 4.74 Å². The molecule has 26 heavy (non-hydrogen) atoms. The highest BCUT2D eigenvalue weighted by atomic mass is 16.5. The highest BCUT2D eigenvalue weighted by Gasteiger charge is 2.34. The van der Waals surface area contributed by atoms with Gasteiger partial charge < -0.3 is 14.6 Å². The van der Waals surface area contributed by atoms with Gasteiger partial charge in [0.15, 0.2) is 5.82 Å². The van der Waals surface area contributed by atoms with Crippen LogP contribution in [0.15, 0.2) is 47.1 Å². The molecule has 1 aliphatic heterocycles. The first kappa shape index (κ1) is 16.9. The molecule has 1 fully saturated rings. The van der Waals surface area contributed by atoms with Crippen LogP contribution < -0.4 is 5.32 Å². The van der Waals surface area contributed by atoms with Crippen molar-refractivity contribution < 1.29 is 9.26 Å². The van der Waals surface area contributed by atoms with E-state index in [9.17, 15) is 0 Å². The van der Waals surface area contributed by atoms with E-state index in [1.165, 1.54) is 0 Å². The van der Waals surface area contributed by atoms with Gasteiger partial charge in [-0.1, -0.05) is 23.4 Å². The molecule has 4 rings (SSSR count). The zero-order chi connectivity index (χ0) is 17.9. The number of aryl methyl sites for hydroxylation is 1. The van der Waals surface area contributed by atoms with Gasteiger partial charge in [-0.05, 0) is 38.5 Å². The van der Waals surface area contributed by atoms with Gasteiger partial charge in [0, 0.05) is 31.3 Å². The number of para-hydroxylation sites is 1. The zero-order valence-corrected chi connectivity index (χ0v) is 15.0. The van der Waals surface area contributed by atoms with Crippen molar-refractivity contribution in [2.75, 3.05) is 13.2 Å². The average molecular weight is 353 g/mol. The minimum atomic E-state index is -0.130. The van der Waals surface area contributed by atoms with Gasteiger partial charge >= 0.3 is 0 Å². The fourth-order valence-corrected chi connectivity index (χ4v) is 3.40. The summed E-state index contributed by atoms with van der Waals surface area (Å²) < 4.78 is 13.1. The van der Waals surface area contributed by atoms with Crippen LogP contribution in [0.1, 0.15) is 42.9 Å². The van der Waals surface area contributed by atoms with Crippen molar-refractivity contribution in [1.82, 2.24) is 25.2 Å². The fourth-order valence-electron chi connectivity index (χ4n) is 3.40. The van der Waals surface area contributed by atoms with Gasteiger partial charge in [0.1, 0.15) is 6.10 Å². The number of rotatable bonds is 6. The van der Waals surface area contributed by atoms with Crippen LogP contribution in [0.2, 0.25) is 0 Å². The predicted octanol–water partition coefficient (Wildman–Crippen LogP) is 2.99. The first-order valence-corrected chi connectivity index (χ1v) is 8.97. The zero-order valence-electron chi connectivity index (χ0n) is 15.0. The third-order valence-corrected chi connectivity index (χ3v) is 4.80. The first-order chi connectivity index (χ1) is 12.7. The molecule has 1 unspecified atom stereocenters. The van der Waals surface area contributed by atoms with E-state index in [4.69, 9.17) is 9.26 Å². The van der Waals surface area contributed by atoms with E-state index in [0.29, 0.717) is 17.6 Å². The molecule has 0 spiro atoms. The van der Waals surface area contributed by atoms with Crippen LogP contribution in [0.25, 0.3) is 5.69 Å². The fraction of sp³-hybridized carbons (Fsp3) is 0.421. The summed E-state index contributed by atoms with van der Waals surface area (Å²) in [6.07, 6.45) is 2.68. The Kier molecular flexibility index (Phi) is 4.81. The lowest BCUT2D eigenvalue weighted by Crippen LogP contribution is -2.28. The van der Waals surface area contributed by atoms with Gasteiger partial charge in [-0.3, -0.25) is 0 Å². The molecule has 7 nitrogen and oxygen atoms in total. The predicted molar refractivity (Wildman–Crippen MR) is 95.8 cm³/mol. The molecule has 0 bridgehead atoms. The molecule has 1 N–H and O–H groups in total. The Labute approximate surface area is 152 Å². The maximum absolute atomic E-state index is 5.83. The quantitative estimate of drug-likeness (QED) is 0.734. The van der Waals surface area contributed by atoms with Crippen molar-refractivity contribution in [3.63, 3.8) is 0 Å². The average Bonchev–Trinajstić information content (AvgIpc) is 3.40. The summed E-state index contributed by atoms with van der Waals surface area (Å²) >= 11 is 0. The summed E-state index contributed by atoms with van der Waals surface area (Å²) in [5.74, 6) is 1.53. The minimum Gasteiger partial charge on any atom is -0.368 e. The molecule has 0 amide bonds. The molecule has 136 valence electrons. The Balaban J connectivity index is 1.43. The molecule has 1 saturated heterocycles. The van der Waals surface area contributed by atoms with Crippen molar-refractivity contribution >= 4 is 0 Å². The number of hydrogen-bond donors (Lipinski definition) is 1. The summed E-state index contributed by atoms with van der Waals surface area (Å²) in [6, 6.07) is 12.4. The van der Waals surface area contributed by atoms with Gasteiger partial charge in [0.2, 0.25) is 0 Å². The van der Waals surface area contributed by atoms with Crippen LogP contribution in [-0.4, -0.2) is 33.1 Å². The van der Waals surface area contributed by atoms with E-state index >= 15 is 0 Å². The van der Waals surface area contributed by atoms with Crippen molar-refractivity contribution in [2.24, 2.45) is 5.92 Å². The number of ether oxygens (including phenoxy) is 1. The summed E-state index contributed by atoms with van der Waals surface area (Å²) in [5, 5.41) is 12.0. The molecule has 1 aliphatic rings. The highest BCUT2D eigenvalue weighted by Crippen LogP contribution is 2.33. The molecular weight excluding hydrogens is 330 g/mol. The molecule has 1 aromatic carbocycles. The Morgan fingerprint density at radius 3 is 2.88 bits per heavy atom. The van der Waals surface area contributed by atoms with Crippen LogP contribution in [0.5, 0.6) is 0 Å². The number of nitrogens with zero attached hydrogens (tertiary/aromatic N) is 4. The summed E-state index contributed by atoms with van der Waals surface area (Å²) in [7, 11) is 0. The van der Waals surface area contributed by atoms with Crippen LogP contribution >= 0.6 is 0 Å². The summed E-state index contributed by atoms with van der Waals surface area (Å²) in [5.41, 5.74) is 2.19. The van der Waals surface area contributed by atoms with Gasteiger partial charge in [-0.2, -0.15) is 10.1 Å². The number of aromatic nitrogens is 4. The summed E-state index contributed by atoms with van der Waals surface area (Å²) in [4.78, 5) is 4.33. The molecule has 3 aromatic rings. The van der Waals surface area contributed by atoms with E-state index in [1.54, 1.807) is 0 Å². The number of benzene rings is 1. The highest BCUT2D eigenvalue weighted by molar-refractivity contribution is 5.33. The third kappa shape index (κ3) is 3.40. The van der Waals surface area contributed by atoms with Crippen LogP contribution in [0.4, 0.5) is 0 Å². The lowest BCUT2D eigenvalue weighted by atomic mass is 10.0. The number of nitrogens with one attached hydrogen (secondary N) is 1. The maximum Gasteiger partial charge on any atom is 0.256 e. The van der Waals surface area contributed by atoms with Gasteiger partial charge in [0.25, 0.3) is 5.89 Å². The van der Waals surface area contributed by atoms with Crippen molar-refractivity contribution in [1.29, 1.82) is 0 Å². The van der Waals surface area contributed by atoms with E-state index in [-0.39, 0.29) is 12.1 Å². The lowest BCUT2D eigenvalue weighted by Gasteiger charge is -2.20. The topological polar surface area (TPSA) is 78.0 Å². The molecule has 0 aliphatic carbocycles. The second-order valence-electron chi connectivity index (χ2n) is 6.65. The smallest absolute Gasteiger partial charge is 0.256 e. The van der Waals surface area contributed by atoms with Crippen molar-refractivity contribution in [3.8, 4) is 5.69 Å². The Bertz CT molecular complexity index is 845. The molecule has 7 heteroatoms. The van der Waals surface area contributed by atoms with E-state index in [1.807, 2.05) is 36.0 Å². The molecule has 3 atom stereocenters. The SMILES string of the molecule is Cc1noc([C@H]2OCC[C@H]2CNC(C)c2ccnn2-c2ccccc2)n1. The summed E-state index contributed by atoms with van der Waals surface area (Å²) in [6.45, 7) is 5.50. The van der Waals surface area contributed by atoms with Crippen molar-refractivity contribution in [3.05, 3.63) is 60.0 Å². The van der Waals surface area contributed by atoms with Crippen LogP contribution in [0, 0.1) is 12.8 Å². The number of hydrogen-bond acceptors (Lipinski definition) is 6. The Morgan fingerprint density at radius 2 is 2.12 bits per heavy atom. The Hall–Kier alpha value is -2.51. The molecule has 2 aromatic heterocycles. The van der Waals surface area contributed by atoms with Gasteiger partial charge in [0.05, 0.1) is 11.4 Å². The van der Waals surface area contributed by atoms with E-state index in [2.05, 4.69) is 45.7 Å². The second-order valence-corrected chi connectivity index (χ2v) is 6.65. The lowest BCUT2D eigenvalue weighted by molar-refractivity contribution is 0.0618. The monoisotopic (exact) mass is 353 g/mol. The molecule has 0 saturated carbocycles. The maximum atomic E-state index is 5.83. The van der Waals surface area contributed by atoms with Gasteiger partial charge in [-0.15, -0.1) is 0 Å². The van der Waals surface area contributed by atoms with Gasteiger partial charge in [-0.25, -0.2) is 4.68 Å². The van der Waals surface area contributed by atoms with E-state index < -0.39 is 0 Å². The molecule has 0 radical (unpaired) electrons. The normalized spacial score (nSPS) is 21.2. The molecular formula is C19H23N5O2. The van der Waals surface area contributed by atoms with Crippen molar-refractivity contribution in [2.45, 2.75) is 32.4 Å². The largest absolute Gasteiger partial charge is 0.368 e. The minimum absolute atomic E-state index is 0.130. The Morgan fingerprint density at radius 1 is 1.27 bits per heavy atom. The third-order valence-electron chi connectivity index (χ3n) is 4.80.